The normalized spacial score (nSPS) is 22.8. The van der Waals surface area contributed by atoms with Crippen molar-refractivity contribution in [3.63, 3.8) is 0 Å². The van der Waals surface area contributed by atoms with E-state index < -0.39 is 6.17 Å². The first-order chi connectivity index (χ1) is 10.7. The molecule has 2 aromatic heterocycles. The number of halogens is 1. The minimum Gasteiger partial charge on any atom is -0.303 e. The average Bonchev–Trinajstić information content (AvgIpc) is 3.04. The Hall–Kier alpha value is -1.75. The van der Waals surface area contributed by atoms with Gasteiger partial charge >= 0.3 is 0 Å². The van der Waals surface area contributed by atoms with Gasteiger partial charge in [-0.15, -0.1) is 0 Å². The number of likely N-dealkylation sites (tertiary alicyclic amines) is 1. The highest BCUT2D eigenvalue weighted by molar-refractivity contribution is 5.31. The maximum atomic E-state index is 14.0. The van der Waals surface area contributed by atoms with Gasteiger partial charge in [-0.1, -0.05) is 0 Å². The van der Waals surface area contributed by atoms with Crippen LogP contribution in [-0.2, 0) is 6.42 Å². The number of aromatic nitrogens is 3. The largest absolute Gasteiger partial charge is 0.303 e. The molecule has 0 saturated carbocycles. The minimum absolute atomic E-state index is 0.221. The lowest BCUT2D eigenvalue weighted by Crippen LogP contribution is -2.39. The molecule has 1 aliphatic heterocycles. The van der Waals surface area contributed by atoms with Crippen LogP contribution in [0.15, 0.2) is 36.9 Å². The highest BCUT2D eigenvalue weighted by Crippen LogP contribution is 2.25. The van der Waals surface area contributed by atoms with Crippen molar-refractivity contribution in [2.75, 3.05) is 20.1 Å². The Labute approximate surface area is 131 Å². The topological polar surface area (TPSA) is 34.0 Å². The Morgan fingerprint density at radius 2 is 2.27 bits per heavy atom. The van der Waals surface area contributed by atoms with Crippen LogP contribution in [0, 0.1) is 5.92 Å². The molecule has 2 aromatic rings. The first-order valence-electron chi connectivity index (χ1n) is 7.99. The fourth-order valence-electron chi connectivity index (χ4n) is 3.16. The van der Waals surface area contributed by atoms with Gasteiger partial charge in [0, 0.05) is 25.1 Å². The van der Waals surface area contributed by atoms with Crippen molar-refractivity contribution >= 4 is 0 Å². The molecule has 4 nitrogen and oxygen atoms in total. The van der Waals surface area contributed by atoms with Crippen LogP contribution in [0.4, 0.5) is 4.39 Å². The second-order valence-electron chi connectivity index (χ2n) is 6.22. The maximum Gasteiger partial charge on any atom is 0.116 e. The fourth-order valence-corrected chi connectivity index (χ4v) is 3.16. The monoisotopic (exact) mass is 302 g/mol. The third-order valence-electron chi connectivity index (χ3n) is 4.47. The molecule has 5 heteroatoms. The Morgan fingerprint density at radius 3 is 3.05 bits per heavy atom. The molecule has 0 radical (unpaired) electrons. The first kappa shape index (κ1) is 15.2. The highest BCUT2D eigenvalue weighted by atomic mass is 19.1. The van der Waals surface area contributed by atoms with Gasteiger partial charge in [0.05, 0.1) is 11.9 Å². The number of aryl methyl sites for hydroxylation is 1. The average molecular weight is 302 g/mol. The maximum absolute atomic E-state index is 14.0. The molecule has 118 valence electrons. The molecule has 0 spiro atoms. The van der Waals surface area contributed by atoms with Gasteiger partial charge in [-0.05, 0) is 62.9 Å². The predicted octanol–water partition coefficient (Wildman–Crippen LogP) is 2.88. The van der Waals surface area contributed by atoms with Gasteiger partial charge in [-0.3, -0.25) is 4.98 Å². The van der Waals surface area contributed by atoms with Crippen molar-refractivity contribution in [3.8, 4) is 5.69 Å². The second kappa shape index (κ2) is 7.01. The van der Waals surface area contributed by atoms with Crippen LogP contribution in [0.25, 0.3) is 5.69 Å². The summed E-state index contributed by atoms with van der Waals surface area (Å²) in [6.07, 6.45) is 10.6. The summed E-state index contributed by atoms with van der Waals surface area (Å²) in [6, 6.07) is 4.01. The molecule has 1 fully saturated rings. The Bertz CT molecular complexity index is 584. The number of hydrogen-bond acceptors (Lipinski definition) is 3. The van der Waals surface area contributed by atoms with Crippen molar-refractivity contribution < 1.29 is 4.39 Å². The highest BCUT2D eigenvalue weighted by Gasteiger charge is 2.26. The number of nitrogens with zero attached hydrogens (tertiary/aromatic N) is 4. The summed E-state index contributed by atoms with van der Waals surface area (Å²) in [4.78, 5) is 6.37. The summed E-state index contributed by atoms with van der Waals surface area (Å²) in [5.74, 6) is 0.221. The zero-order chi connectivity index (χ0) is 15.4. The van der Waals surface area contributed by atoms with Crippen molar-refractivity contribution in [1.82, 2.24) is 19.7 Å². The molecule has 1 unspecified atom stereocenters. The van der Waals surface area contributed by atoms with Crippen LogP contribution in [0.3, 0.4) is 0 Å². The third kappa shape index (κ3) is 3.71. The molecular formula is C17H23FN4. The van der Waals surface area contributed by atoms with E-state index in [9.17, 15) is 4.39 Å². The van der Waals surface area contributed by atoms with Gasteiger partial charge in [0.1, 0.15) is 6.17 Å². The van der Waals surface area contributed by atoms with Gasteiger partial charge in [-0.2, -0.15) is 5.10 Å². The second-order valence-corrected chi connectivity index (χ2v) is 6.22. The van der Waals surface area contributed by atoms with E-state index in [1.165, 1.54) is 5.56 Å². The summed E-state index contributed by atoms with van der Waals surface area (Å²) < 4.78 is 15.8. The van der Waals surface area contributed by atoms with E-state index in [0.717, 1.165) is 37.9 Å². The van der Waals surface area contributed by atoms with E-state index in [2.05, 4.69) is 21.0 Å². The van der Waals surface area contributed by atoms with Gasteiger partial charge in [-0.25, -0.2) is 9.07 Å². The van der Waals surface area contributed by atoms with Gasteiger partial charge in [0.15, 0.2) is 0 Å². The van der Waals surface area contributed by atoms with Crippen molar-refractivity contribution in [1.29, 1.82) is 0 Å². The van der Waals surface area contributed by atoms with Crippen LogP contribution < -0.4 is 0 Å². The molecule has 0 aliphatic carbocycles. The van der Waals surface area contributed by atoms with Crippen LogP contribution >= 0.6 is 0 Å². The summed E-state index contributed by atoms with van der Waals surface area (Å²) >= 11 is 0. The number of rotatable bonds is 5. The molecule has 22 heavy (non-hydrogen) atoms. The predicted molar refractivity (Wildman–Crippen MR) is 84.8 cm³/mol. The van der Waals surface area contributed by atoms with Gasteiger partial charge < -0.3 is 4.90 Å². The lowest BCUT2D eigenvalue weighted by molar-refractivity contribution is 0.0959. The number of pyridine rings is 1. The quantitative estimate of drug-likeness (QED) is 0.851. The van der Waals surface area contributed by atoms with Crippen LogP contribution in [0.1, 0.15) is 24.8 Å². The minimum atomic E-state index is -0.674. The van der Waals surface area contributed by atoms with Crippen molar-refractivity contribution in [2.45, 2.75) is 31.9 Å². The first-order valence-corrected chi connectivity index (χ1v) is 7.99. The SMILES string of the molecule is CN1CCC(CCCc2cncc(-n3cccn3)c2)[C@@H](F)C1. The smallest absolute Gasteiger partial charge is 0.116 e. The summed E-state index contributed by atoms with van der Waals surface area (Å²) in [7, 11) is 2.00. The molecule has 2 atom stereocenters. The lowest BCUT2D eigenvalue weighted by atomic mass is 9.89. The van der Waals surface area contributed by atoms with Gasteiger partial charge in [0.25, 0.3) is 0 Å². The molecule has 0 N–H and O–H groups in total. The summed E-state index contributed by atoms with van der Waals surface area (Å²) in [5, 5.41) is 4.22. The molecule has 3 heterocycles. The lowest BCUT2D eigenvalue weighted by Gasteiger charge is -2.32. The summed E-state index contributed by atoms with van der Waals surface area (Å²) in [6.45, 7) is 1.60. The van der Waals surface area contributed by atoms with Crippen molar-refractivity contribution in [2.24, 2.45) is 5.92 Å². The van der Waals surface area contributed by atoms with E-state index in [4.69, 9.17) is 0 Å². The molecule has 0 amide bonds. The molecule has 1 saturated heterocycles. The van der Waals surface area contributed by atoms with E-state index >= 15 is 0 Å². The standard InChI is InChI=1S/C17H23FN4/c1-21-9-6-15(17(18)13-21)5-2-4-14-10-16(12-19-11-14)22-8-3-7-20-22/h3,7-8,10-12,15,17H,2,4-6,9,13H2,1H3/t15?,17-/m0/s1. The molecule has 1 aliphatic rings. The van der Waals surface area contributed by atoms with E-state index in [1.54, 1.807) is 6.20 Å². The van der Waals surface area contributed by atoms with Crippen molar-refractivity contribution in [3.05, 3.63) is 42.5 Å². The van der Waals surface area contributed by atoms with Crippen LogP contribution in [0.5, 0.6) is 0 Å². The third-order valence-corrected chi connectivity index (χ3v) is 4.47. The molecule has 0 aromatic carbocycles. The fraction of sp³-hybridized carbons (Fsp3) is 0.529. The zero-order valence-electron chi connectivity index (χ0n) is 13.0. The summed E-state index contributed by atoms with van der Waals surface area (Å²) in [5.41, 5.74) is 2.17. The molecular weight excluding hydrogens is 279 g/mol. The molecule has 3 rings (SSSR count). The van der Waals surface area contributed by atoms with Crippen LogP contribution in [0.2, 0.25) is 0 Å². The number of alkyl halides is 1. The zero-order valence-corrected chi connectivity index (χ0v) is 13.0. The van der Waals surface area contributed by atoms with E-state index in [0.29, 0.717) is 6.54 Å². The van der Waals surface area contributed by atoms with E-state index in [1.807, 2.05) is 36.4 Å². The number of piperidine rings is 1. The number of hydrogen-bond donors (Lipinski definition) is 0. The Morgan fingerprint density at radius 1 is 1.36 bits per heavy atom. The van der Waals surface area contributed by atoms with Crippen LogP contribution in [-0.4, -0.2) is 46.0 Å². The molecule has 0 bridgehead atoms. The Balaban J connectivity index is 1.53. The van der Waals surface area contributed by atoms with E-state index in [-0.39, 0.29) is 5.92 Å². The Kier molecular flexibility index (Phi) is 4.83. The van der Waals surface area contributed by atoms with Gasteiger partial charge in [0.2, 0.25) is 0 Å².